The maximum Gasteiger partial charge on any atom is 0.191 e. The number of rotatable bonds is 9. The van der Waals surface area contributed by atoms with E-state index in [4.69, 9.17) is 4.74 Å². The Labute approximate surface area is 183 Å². The zero-order valence-corrected chi connectivity index (χ0v) is 19.0. The van der Waals surface area contributed by atoms with E-state index in [0.717, 1.165) is 51.7 Å². The van der Waals surface area contributed by atoms with Crippen molar-refractivity contribution >= 4 is 5.96 Å². The summed E-state index contributed by atoms with van der Waals surface area (Å²) < 4.78 is 5.99. The van der Waals surface area contributed by atoms with Gasteiger partial charge in [-0.3, -0.25) is 9.89 Å². The molecule has 2 N–H and O–H groups in total. The highest BCUT2D eigenvalue weighted by Crippen LogP contribution is 2.20. The lowest BCUT2D eigenvalue weighted by Crippen LogP contribution is -2.43. The molecule has 1 aliphatic heterocycles. The van der Waals surface area contributed by atoms with E-state index in [1.165, 1.54) is 56.3 Å². The van der Waals surface area contributed by atoms with E-state index in [2.05, 4.69) is 56.7 Å². The maximum absolute atomic E-state index is 5.99. The van der Waals surface area contributed by atoms with Crippen LogP contribution in [0.3, 0.4) is 0 Å². The molecule has 0 spiro atoms. The molecule has 2 fully saturated rings. The molecule has 1 aliphatic carbocycles. The first-order valence-electron chi connectivity index (χ1n) is 11.8. The van der Waals surface area contributed by atoms with Crippen molar-refractivity contribution < 1.29 is 4.74 Å². The van der Waals surface area contributed by atoms with Gasteiger partial charge in [-0.05, 0) is 37.4 Å². The van der Waals surface area contributed by atoms with Crippen LogP contribution >= 0.6 is 0 Å². The van der Waals surface area contributed by atoms with Crippen LogP contribution in [-0.2, 0) is 17.8 Å². The summed E-state index contributed by atoms with van der Waals surface area (Å²) in [5, 5.41) is 6.81. The summed E-state index contributed by atoms with van der Waals surface area (Å²) in [6, 6.07) is 8.97. The van der Waals surface area contributed by atoms with Crippen molar-refractivity contribution in [1.29, 1.82) is 0 Å². The van der Waals surface area contributed by atoms with Crippen molar-refractivity contribution in [2.24, 2.45) is 4.99 Å². The summed E-state index contributed by atoms with van der Waals surface area (Å²) in [4.78, 5) is 9.27. The monoisotopic (exact) mass is 415 g/mol. The number of benzene rings is 1. The zero-order chi connectivity index (χ0) is 21.0. The molecule has 0 atom stereocenters. The highest BCUT2D eigenvalue weighted by Gasteiger charge is 2.14. The smallest absolute Gasteiger partial charge is 0.191 e. The van der Waals surface area contributed by atoms with Crippen molar-refractivity contribution in [3.63, 3.8) is 0 Å². The topological polar surface area (TPSA) is 52.1 Å². The lowest BCUT2D eigenvalue weighted by molar-refractivity contribution is 0.0277. The van der Waals surface area contributed by atoms with Crippen molar-refractivity contribution in [3.8, 4) is 0 Å². The van der Waals surface area contributed by atoms with E-state index < -0.39 is 0 Å². The van der Waals surface area contributed by atoms with Gasteiger partial charge in [0.05, 0.1) is 6.10 Å². The SMILES string of the molecule is CN=C(NCCCOC1CCCCC1)NCc1ccc(CN2CCN(C)CC2)cc1. The molecule has 1 saturated heterocycles. The fourth-order valence-electron chi connectivity index (χ4n) is 4.19. The van der Waals surface area contributed by atoms with Gasteiger partial charge in [0.25, 0.3) is 0 Å². The Morgan fingerprint density at radius 3 is 2.40 bits per heavy atom. The second kappa shape index (κ2) is 12.9. The van der Waals surface area contributed by atoms with E-state index in [1.807, 2.05) is 7.05 Å². The molecule has 0 radical (unpaired) electrons. The third-order valence-corrected chi connectivity index (χ3v) is 6.23. The number of hydrogen-bond donors (Lipinski definition) is 2. The number of nitrogens with one attached hydrogen (secondary N) is 2. The molecule has 3 rings (SSSR count). The lowest BCUT2D eigenvalue weighted by atomic mass is 9.98. The minimum atomic E-state index is 0.496. The molecule has 0 bridgehead atoms. The van der Waals surface area contributed by atoms with Crippen LogP contribution in [0.25, 0.3) is 0 Å². The average molecular weight is 416 g/mol. The number of guanidine groups is 1. The van der Waals surface area contributed by atoms with E-state index in [1.54, 1.807) is 0 Å². The maximum atomic E-state index is 5.99. The van der Waals surface area contributed by atoms with Gasteiger partial charge in [0.2, 0.25) is 0 Å². The van der Waals surface area contributed by atoms with Crippen molar-refractivity contribution in [3.05, 3.63) is 35.4 Å². The summed E-state index contributed by atoms with van der Waals surface area (Å²) in [6.45, 7) is 8.21. The molecule has 1 aromatic carbocycles. The molecule has 2 aliphatic rings. The predicted octanol–water partition coefficient (Wildman–Crippen LogP) is 2.84. The summed E-state index contributed by atoms with van der Waals surface area (Å²) in [5.74, 6) is 0.856. The fraction of sp³-hybridized carbons (Fsp3) is 0.708. The summed E-state index contributed by atoms with van der Waals surface area (Å²) in [5.41, 5.74) is 2.67. The van der Waals surface area contributed by atoms with Gasteiger partial charge in [-0.25, -0.2) is 0 Å². The first-order chi connectivity index (χ1) is 14.7. The largest absolute Gasteiger partial charge is 0.378 e. The van der Waals surface area contributed by atoms with E-state index >= 15 is 0 Å². The lowest BCUT2D eigenvalue weighted by Gasteiger charge is -2.32. The first kappa shape index (κ1) is 23.0. The molecule has 6 heteroatoms. The van der Waals surface area contributed by atoms with Crippen LogP contribution in [0.2, 0.25) is 0 Å². The van der Waals surface area contributed by atoms with Crippen molar-refractivity contribution in [2.45, 2.75) is 57.7 Å². The molecule has 168 valence electrons. The Balaban J connectivity index is 1.29. The van der Waals surface area contributed by atoms with Crippen LogP contribution < -0.4 is 10.6 Å². The fourth-order valence-corrected chi connectivity index (χ4v) is 4.19. The van der Waals surface area contributed by atoms with Crippen LogP contribution in [0.5, 0.6) is 0 Å². The normalized spacial score (nSPS) is 19.7. The Bertz CT molecular complexity index is 619. The van der Waals surface area contributed by atoms with Crippen molar-refractivity contribution in [2.75, 3.05) is 53.4 Å². The number of likely N-dealkylation sites (N-methyl/N-ethyl adjacent to an activating group) is 1. The van der Waals surface area contributed by atoms with Gasteiger partial charge in [-0.15, -0.1) is 0 Å². The summed E-state index contributed by atoms with van der Waals surface area (Å²) in [6.07, 6.45) is 8.03. The minimum Gasteiger partial charge on any atom is -0.378 e. The number of piperazine rings is 1. The van der Waals surface area contributed by atoms with Gasteiger partial charge >= 0.3 is 0 Å². The van der Waals surface area contributed by atoms with E-state index in [-0.39, 0.29) is 0 Å². The van der Waals surface area contributed by atoms with Crippen molar-refractivity contribution in [1.82, 2.24) is 20.4 Å². The van der Waals surface area contributed by atoms with Gasteiger partial charge in [-0.1, -0.05) is 43.5 Å². The van der Waals surface area contributed by atoms with Gasteiger partial charge in [0, 0.05) is 59.5 Å². The van der Waals surface area contributed by atoms with Crippen LogP contribution in [-0.4, -0.2) is 75.3 Å². The van der Waals surface area contributed by atoms with Crippen LogP contribution in [0.1, 0.15) is 49.7 Å². The van der Waals surface area contributed by atoms with Crippen LogP contribution in [0, 0.1) is 0 Å². The van der Waals surface area contributed by atoms with Gasteiger partial charge in [0.1, 0.15) is 0 Å². The molecular formula is C24H41N5O. The summed E-state index contributed by atoms with van der Waals surface area (Å²) in [7, 11) is 4.03. The average Bonchev–Trinajstić information content (AvgIpc) is 2.79. The number of ether oxygens (including phenoxy) is 1. The van der Waals surface area contributed by atoms with Crippen LogP contribution in [0.15, 0.2) is 29.3 Å². The molecule has 1 aromatic rings. The summed E-state index contributed by atoms with van der Waals surface area (Å²) >= 11 is 0. The third kappa shape index (κ3) is 8.25. The highest BCUT2D eigenvalue weighted by molar-refractivity contribution is 5.79. The number of aliphatic imine (C=N–C) groups is 1. The van der Waals surface area contributed by atoms with Gasteiger partial charge < -0.3 is 20.3 Å². The first-order valence-corrected chi connectivity index (χ1v) is 11.8. The molecule has 1 heterocycles. The molecule has 6 nitrogen and oxygen atoms in total. The molecule has 0 aromatic heterocycles. The Morgan fingerprint density at radius 1 is 1.00 bits per heavy atom. The predicted molar refractivity (Wildman–Crippen MR) is 125 cm³/mol. The Kier molecular flexibility index (Phi) is 9.93. The number of hydrogen-bond acceptors (Lipinski definition) is 4. The molecule has 0 unspecified atom stereocenters. The second-order valence-electron chi connectivity index (χ2n) is 8.73. The molecule has 1 saturated carbocycles. The minimum absolute atomic E-state index is 0.496. The van der Waals surface area contributed by atoms with Gasteiger partial charge in [-0.2, -0.15) is 0 Å². The van der Waals surface area contributed by atoms with Crippen LogP contribution in [0.4, 0.5) is 0 Å². The molecule has 0 amide bonds. The quantitative estimate of drug-likeness (QED) is 0.369. The molecule has 30 heavy (non-hydrogen) atoms. The Hall–Kier alpha value is -1.63. The third-order valence-electron chi connectivity index (χ3n) is 6.23. The van der Waals surface area contributed by atoms with Gasteiger partial charge in [0.15, 0.2) is 5.96 Å². The number of nitrogens with zero attached hydrogens (tertiary/aromatic N) is 3. The second-order valence-corrected chi connectivity index (χ2v) is 8.73. The highest BCUT2D eigenvalue weighted by atomic mass is 16.5. The van der Waals surface area contributed by atoms with E-state index in [9.17, 15) is 0 Å². The standard InChI is InChI=1S/C24H41N5O/c1-25-24(26-13-6-18-30-23-7-4-3-5-8-23)27-19-21-9-11-22(12-10-21)20-29-16-14-28(2)15-17-29/h9-12,23H,3-8,13-20H2,1-2H3,(H2,25,26,27). The zero-order valence-electron chi connectivity index (χ0n) is 19.0. The Morgan fingerprint density at radius 2 is 1.70 bits per heavy atom. The molecular weight excluding hydrogens is 374 g/mol. The van der Waals surface area contributed by atoms with E-state index in [0.29, 0.717) is 6.10 Å².